The Balaban J connectivity index is 1.80. The van der Waals surface area contributed by atoms with Crippen molar-refractivity contribution in [2.75, 3.05) is 0 Å². The number of hydrogen-bond acceptors (Lipinski definition) is 2. The van der Waals surface area contributed by atoms with Gasteiger partial charge in [0.15, 0.2) is 0 Å². The molecule has 0 bridgehead atoms. The van der Waals surface area contributed by atoms with Crippen LogP contribution >= 0.6 is 0 Å². The third-order valence-electron chi connectivity index (χ3n) is 6.87. The van der Waals surface area contributed by atoms with E-state index in [1.807, 2.05) is 0 Å². The lowest BCUT2D eigenvalue weighted by Gasteiger charge is -2.23. The molecule has 33 heavy (non-hydrogen) atoms. The van der Waals surface area contributed by atoms with E-state index < -0.39 is 0 Å². The summed E-state index contributed by atoms with van der Waals surface area (Å²) in [5, 5.41) is 6.00. The third kappa shape index (κ3) is 2.96. The molecule has 3 aromatic carbocycles. The molecule has 3 heteroatoms. The first-order valence-electron chi connectivity index (χ1n) is 11.5. The van der Waals surface area contributed by atoms with Gasteiger partial charge in [-0.1, -0.05) is 63.2 Å². The fourth-order valence-electron chi connectivity index (χ4n) is 5.05. The zero-order valence-corrected chi connectivity index (χ0v) is 19.8. The Bertz CT molecular complexity index is 1710. The highest BCUT2D eigenvalue weighted by Crippen LogP contribution is 2.39. The molecule has 0 aliphatic carbocycles. The molecule has 0 amide bonds. The van der Waals surface area contributed by atoms with Crippen LogP contribution in [0.25, 0.3) is 49.4 Å². The molecule has 6 aromatic rings. The van der Waals surface area contributed by atoms with Crippen molar-refractivity contribution in [3.05, 3.63) is 89.9 Å². The van der Waals surface area contributed by atoms with Gasteiger partial charge in [-0.05, 0) is 59.9 Å². The van der Waals surface area contributed by atoms with Crippen LogP contribution in [0.2, 0.25) is 0 Å². The molecule has 3 aromatic heterocycles. The van der Waals surface area contributed by atoms with Crippen LogP contribution in [-0.2, 0) is 5.41 Å². The van der Waals surface area contributed by atoms with Gasteiger partial charge in [0.1, 0.15) is 5.65 Å². The van der Waals surface area contributed by atoms with E-state index >= 15 is 0 Å². The van der Waals surface area contributed by atoms with Crippen LogP contribution in [0.3, 0.4) is 0 Å². The van der Waals surface area contributed by atoms with E-state index in [2.05, 4.69) is 112 Å². The number of para-hydroxylation sites is 1. The van der Waals surface area contributed by atoms with Gasteiger partial charge in [-0.15, -0.1) is 0 Å². The number of fused-ring (bicyclic) bond motifs is 6. The topological polar surface area (TPSA) is 30.2 Å². The minimum atomic E-state index is 0.0207. The molecule has 0 fully saturated rings. The molecule has 0 aliphatic heterocycles. The van der Waals surface area contributed by atoms with Gasteiger partial charge < -0.3 is 4.40 Å². The molecule has 0 spiro atoms. The maximum absolute atomic E-state index is 5.20. The summed E-state index contributed by atoms with van der Waals surface area (Å²) in [5.74, 6) is 0. The number of aryl methyl sites for hydroxylation is 2. The highest BCUT2D eigenvalue weighted by atomic mass is 15.0. The van der Waals surface area contributed by atoms with Gasteiger partial charge in [0.2, 0.25) is 0 Å². The number of imidazole rings is 1. The van der Waals surface area contributed by atoms with Crippen molar-refractivity contribution >= 4 is 38.1 Å². The first-order chi connectivity index (χ1) is 15.8. The average Bonchev–Trinajstić information content (AvgIpc) is 3.10. The van der Waals surface area contributed by atoms with Crippen molar-refractivity contribution in [3.63, 3.8) is 0 Å². The van der Waals surface area contributed by atoms with Crippen molar-refractivity contribution in [1.82, 2.24) is 14.4 Å². The largest absolute Gasteiger partial charge is 0.304 e. The normalized spacial score (nSPS) is 12.4. The Morgan fingerprint density at radius 2 is 1.48 bits per heavy atom. The maximum atomic E-state index is 5.20. The predicted octanol–water partition coefficient (Wildman–Crippen LogP) is 7.77. The van der Waals surface area contributed by atoms with E-state index in [1.165, 1.54) is 27.4 Å². The second-order valence-electron chi connectivity index (χ2n) is 10.1. The molecule has 3 nitrogen and oxygen atoms in total. The van der Waals surface area contributed by atoms with E-state index in [9.17, 15) is 0 Å². The van der Waals surface area contributed by atoms with Gasteiger partial charge >= 0.3 is 0 Å². The van der Waals surface area contributed by atoms with Crippen molar-refractivity contribution in [1.29, 1.82) is 0 Å². The van der Waals surface area contributed by atoms with Crippen LogP contribution < -0.4 is 0 Å². The standard InChI is InChI=1S/C30H27N3/c1-18-19(2)33-15-14-24-27(29(33)31-18)23-12-8-9-13-26(23)32-28(24)21-16-20-10-6-7-11-22(20)25(17-21)30(3,4)5/h6-17H,1-5H3. The monoisotopic (exact) mass is 429 g/mol. The highest BCUT2D eigenvalue weighted by Gasteiger charge is 2.21. The minimum Gasteiger partial charge on any atom is -0.304 e. The summed E-state index contributed by atoms with van der Waals surface area (Å²) in [5.41, 5.74) is 7.76. The molecular weight excluding hydrogens is 402 g/mol. The van der Waals surface area contributed by atoms with E-state index in [0.717, 1.165) is 38.9 Å². The number of pyridine rings is 2. The highest BCUT2D eigenvalue weighted by molar-refractivity contribution is 6.17. The molecule has 0 N–H and O–H groups in total. The maximum Gasteiger partial charge on any atom is 0.145 e. The minimum absolute atomic E-state index is 0.0207. The lowest BCUT2D eigenvalue weighted by atomic mass is 9.82. The number of hydrogen-bond donors (Lipinski definition) is 0. The number of rotatable bonds is 1. The number of benzene rings is 3. The summed E-state index contributed by atoms with van der Waals surface area (Å²) in [6, 6.07) is 23.9. The van der Waals surface area contributed by atoms with E-state index in [0.29, 0.717) is 0 Å². The first kappa shape index (κ1) is 19.9. The molecule has 0 saturated heterocycles. The lowest BCUT2D eigenvalue weighted by Crippen LogP contribution is -2.12. The Labute approximate surface area is 193 Å². The van der Waals surface area contributed by atoms with Gasteiger partial charge in [0, 0.05) is 33.6 Å². The van der Waals surface area contributed by atoms with Gasteiger partial charge in [-0.25, -0.2) is 9.97 Å². The van der Waals surface area contributed by atoms with Crippen LogP contribution in [0.4, 0.5) is 0 Å². The summed E-state index contributed by atoms with van der Waals surface area (Å²) in [4.78, 5) is 10.2. The molecule has 3 heterocycles. The van der Waals surface area contributed by atoms with Crippen molar-refractivity contribution < 1.29 is 0 Å². The van der Waals surface area contributed by atoms with Gasteiger partial charge in [0.05, 0.1) is 16.9 Å². The Hall–Kier alpha value is -3.72. The zero-order valence-electron chi connectivity index (χ0n) is 19.8. The number of aromatic nitrogens is 3. The Kier molecular flexibility index (Phi) is 4.16. The van der Waals surface area contributed by atoms with E-state index in [-0.39, 0.29) is 5.41 Å². The van der Waals surface area contributed by atoms with Crippen LogP contribution in [-0.4, -0.2) is 14.4 Å². The van der Waals surface area contributed by atoms with E-state index in [1.54, 1.807) is 0 Å². The first-order valence-corrected chi connectivity index (χ1v) is 11.5. The zero-order chi connectivity index (χ0) is 22.9. The average molecular weight is 430 g/mol. The fraction of sp³-hybridized carbons (Fsp3) is 0.200. The summed E-state index contributed by atoms with van der Waals surface area (Å²) >= 11 is 0. The predicted molar refractivity (Wildman–Crippen MR) is 139 cm³/mol. The lowest BCUT2D eigenvalue weighted by molar-refractivity contribution is 0.596. The molecule has 6 rings (SSSR count). The summed E-state index contributed by atoms with van der Waals surface area (Å²) in [7, 11) is 0. The van der Waals surface area contributed by atoms with Crippen LogP contribution in [0.5, 0.6) is 0 Å². The molecular formula is C30H27N3. The Morgan fingerprint density at radius 3 is 2.27 bits per heavy atom. The molecule has 0 unspecified atom stereocenters. The van der Waals surface area contributed by atoms with Crippen LogP contribution in [0, 0.1) is 13.8 Å². The van der Waals surface area contributed by atoms with E-state index in [4.69, 9.17) is 9.97 Å². The molecule has 0 radical (unpaired) electrons. The summed E-state index contributed by atoms with van der Waals surface area (Å²) in [6.45, 7) is 11.1. The Morgan fingerprint density at radius 1 is 0.758 bits per heavy atom. The molecule has 0 aliphatic rings. The van der Waals surface area contributed by atoms with Crippen LogP contribution in [0.15, 0.2) is 72.9 Å². The van der Waals surface area contributed by atoms with Gasteiger partial charge in [-0.3, -0.25) is 0 Å². The summed E-state index contributed by atoms with van der Waals surface area (Å²) in [6.07, 6.45) is 2.14. The number of nitrogens with zero attached hydrogens (tertiary/aromatic N) is 3. The van der Waals surface area contributed by atoms with Crippen molar-refractivity contribution in [2.45, 2.75) is 40.0 Å². The van der Waals surface area contributed by atoms with Crippen molar-refractivity contribution in [3.8, 4) is 11.3 Å². The quantitative estimate of drug-likeness (QED) is 0.250. The summed E-state index contributed by atoms with van der Waals surface area (Å²) < 4.78 is 2.20. The fourth-order valence-corrected chi connectivity index (χ4v) is 5.05. The van der Waals surface area contributed by atoms with Crippen molar-refractivity contribution in [2.24, 2.45) is 0 Å². The second kappa shape index (κ2) is 6.89. The van der Waals surface area contributed by atoms with Crippen LogP contribution in [0.1, 0.15) is 37.7 Å². The molecule has 0 saturated carbocycles. The van der Waals surface area contributed by atoms with Gasteiger partial charge in [0.25, 0.3) is 0 Å². The third-order valence-corrected chi connectivity index (χ3v) is 6.87. The van der Waals surface area contributed by atoms with Gasteiger partial charge in [-0.2, -0.15) is 0 Å². The SMILES string of the molecule is Cc1nc2c3c(ccn2c1C)c(-c1cc(C(C)(C)C)c2ccccc2c1)nc1ccccc13. The second-order valence-corrected chi connectivity index (χ2v) is 10.1. The molecule has 162 valence electrons. The smallest absolute Gasteiger partial charge is 0.145 e. The molecule has 0 atom stereocenters.